The largest absolute Gasteiger partial charge is 0.354 e. The monoisotopic (exact) mass is 397 g/mol. The van der Waals surface area contributed by atoms with Crippen molar-refractivity contribution in [3.8, 4) is 0 Å². The number of nitrogens with one attached hydrogen (secondary N) is 1. The lowest BCUT2D eigenvalue weighted by Crippen LogP contribution is -2.44. The fraction of sp³-hybridized carbons (Fsp3) is 0.636. The molecule has 0 bridgehead atoms. The molecule has 1 saturated heterocycles. The second-order valence-electron chi connectivity index (χ2n) is 9.39. The van der Waals surface area contributed by atoms with Crippen molar-refractivity contribution < 1.29 is 9.59 Å². The number of nitrogens with zero attached hydrogens (tertiary/aromatic N) is 4. The van der Waals surface area contributed by atoms with Crippen molar-refractivity contribution in [3.05, 3.63) is 24.0 Å². The summed E-state index contributed by atoms with van der Waals surface area (Å²) in [5, 5.41) is 8.95. The van der Waals surface area contributed by atoms with Crippen molar-refractivity contribution in [2.75, 3.05) is 19.6 Å². The zero-order valence-electron chi connectivity index (χ0n) is 17.6. The van der Waals surface area contributed by atoms with E-state index < -0.39 is 0 Å². The van der Waals surface area contributed by atoms with E-state index in [1.54, 1.807) is 6.20 Å². The Labute approximate surface area is 171 Å². The Morgan fingerprint density at radius 2 is 2.03 bits per heavy atom. The molecule has 29 heavy (non-hydrogen) atoms. The normalized spacial score (nSPS) is 20.1. The van der Waals surface area contributed by atoms with E-state index in [4.69, 9.17) is 5.10 Å². The van der Waals surface area contributed by atoms with Crippen LogP contribution in [0.25, 0.3) is 11.0 Å². The first-order chi connectivity index (χ1) is 13.8. The quantitative estimate of drug-likeness (QED) is 0.841. The van der Waals surface area contributed by atoms with E-state index in [0.717, 1.165) is 49.0 Å². The number of pyridine rings is 1. The van der Waals surface area contributed by atoms with E-state index in [9.17, 15) is 9.59 Å². The summed E-state index contributed by atoms with van der Waals surface area (Å²) in [6, 6.07) is 4.00. The van der Waals surface area contributed by atoms with Gasteiger partial charge in [-0.05, 0) is 37.8 Å². The highest BCUT2D eigenvalue weighted by Gasteiger charge is 2.33. The maximum absolute atomic E-state index is 12.8. The van der Waals surface area contributed by atoms with E-state index in [1.165, 1.54) is 0 Å². The maximum atomic E-state index is 12.8. The number of fused-ring (bicyclic) bond motifs is 1. The predicted molar refractivity (Wildman–Crippen MR) is 111 cm³/mol. The third-order valence-electron chi connectivity index (χ3n) is 5.84. The third-order valence-corrected chi connectivity index (χ3v) is 5.84. The van der Waals surface area contributed by atoms with Crippen molar-refractivity contribution in [2.45, 2.75) is 58.9 Å². The Balaban J connectivity index is 1.52. The van der Waals surface area contributed by atoms with Gasteiger partial charge in [-0.25, -0.2) is 9.67 Å². The molecule has 0 spiro atoms. The van der Waals surface area contributed by atoms with Crippen LogP contribution in [0.3, 0.4) is 0 Å². The van der Waals surface area contributed by atoms with Gasteiger partial charge in [0.25, 0.3) is 0 Å². The summed E-state index contributed by atoms with van der Waals surface area (Å²) in [6.07, 6.45) is 5.80. The van der Waals surface area contributed by atoms with Crippen LogP contribution in [-0.2, 0) is 16.1 Å². The molecule has 0 aromatic carbocycles. The van der Waals surface area contributed by atoms with Crippen molar-refractivity contribution >= 4 is 22.8 Å². The molecule has 1 N–H and O–H groups in total. The van der Waals surface area contributed by atoms with Crippen molar-refractivity contribution in [1.29, 1.82) is 0 Å². The highest BCUT2D eigenvalue weighted by molar-refractivity contribution is 5.82. The van der Waals surface area contributed by atoms with E-state index in [0.29, 0.717) is 19.6 Å². The van der Waals surface area contributed by atoms with Gasteiger partial charge in [-0.3, -0.25) is 9.59 Å². The van der Waals surface area contributed by atoms with E-state index >= 15 is 0 Å². The van der Waals surface area contributed by atoms with Crippen LogP contribution < -0.4 is 5.32 Å². The van der Waals surface area contributed by atoms with E-state index in [-0.39, 0.29) is 29.1 Å². The minimum atomic E-state index is -0.370. The number of hydrogen-bond acceptors (Lipinski definition) is 4. The fourth-order valence-corrected chi connectivity index (χ4v) is 4.13. The molecule has 2 amide bonds. The van der Waals surface area contributed by atoms with Gasteiger partial charge in [0.05, 0.1) is 12.2 Å². The molecule has 1 aliphatic heterocycles. The van der Waals surface area contributed by atoms with Crippen LogP contribution >= 0.6 is 0 Å². The molecule has 2 aromatic rings. The minimum Gasteiger partial charge on any atom is -0.354 e. The SMILES string of the molecule is CC(C)(C)C(=O)N1CCCC(c2nn(CCNC(=O)C3CC3)c3ncccc23)C1. The second kappa shape index (κ2) is 7.76. The molecule has 2 fully saturated rings. The van der Waals surface area contributed by atoms with Gasteiger partial charge < -0.3 is 10.2 Å². The molecular formula is C22H31N5O2. The zero-order valence-corrected chi connectivity index (χ0v) is 17.6. The fourth-order valence-electron chi connectivity index (χ4n) is 4.13. The van der Waals surface area contributed by atoms with Gasteiger partial charge in [0.15, 0.2) is 5.65 Å². The lowest BCUT2D eigenvalue weighted by molar-refractivity contribution is -0.140. The average molecular weight is 398 g/mol. The second-order valence-corrected chi connectivity index (χ2v) is 9.39. The van der Waals surface area contributed by atoms with Crippen molar-refractivity contribution in [1.82, 2.24) is 25.0 Å². The van der Waals surface area contributed by atoms with Crippen LogP contribution in [0, 0.1) is 11.3 Å². The number of carbonyl (C=O) groups excluding carboxylic acids is 2. The van der Waals surface area contributed by atoms with Crippen molar-refractivity contribution in [2.24, 2.45) is 11.3 Å². The Morgan fingerprint density at radius 3 is 2.76 bits per heavy atom. The minimum absolute atomic E-state index is 0.151. The number of piperidine rings is 1. The summed E-state index contributed by atoms with van der Waals surface area (Å²) in [7, 11) is 0. The molecule has 0 radical (unpaired) electrons. The lowest BCUT2D eigenvalue weighted by Gasteiger charge is -2.36. The molecule has 3 heterocycles. The summed E-state index contributed by atoms with van der Waals surface area (Å²) in [6.45, 7) is 8.60. The van der Waals surface area contributed by atoms with Gasteiger partial charge in [0.2, 0.25) is 11.8 Å². The van der Waals surface area contributed by atoms with Gasteiger partial charge in [0, 0.05) is 48.5 Å². The molecular weight excluding hydrogens is 366 g/mol. The number of hydrogen-bond donors (Lipinski definition) is 1. The van der Waals surface area contributed by atoms with Crippen molar-refractivity contribution in [3.63, 3.8) is 0 Å². The highest BCUT2D eigenvalue weighted by Crippen LogP contribution is 2.33. The molecule has 4 rings (SSSR count). The number of carbonyl (C=O) groups is 2. The molecule has 1 saturated carbocycles. The lowest BCUT2D eigenvalue weighted by atomic mass is 9.89. The average Bonchev–Trinajstić information content (AvgIpc) is 3.49. The Bertz CT molecular complexity index is 910. The number of likely N-dealkylation sites (tertiary alicyclic amines) is 1. The van der Waals surface area contributed by atoms with Crippen LogP contribution in [0.1, 0.15) is 58.1 Å². The summed E-state index contributed by atoms with van der Waals surface area (Å²) in [4.78, 5) is 31.2. The molecule has 1 atom stereocenters. The molecule has 2 aromatic heterocycles. The van der Waals surface area contributed by atoms with Gasteiger partial charge in [-0.15, -0.1) is 0 Å². The smallest absolute Gasteiger partial charge is 0.227 e. The van der Waals surface area contributed by atoms with Crippen LogP contribution in [0.2, 0.25) is 0 Å². The Morgan fingerprint density at radius 1 is 1.24 bits per heavy atom. The molecule has 7 nitrogen and oxygen atoms in total. The first-order valence-electron chi connectivity index (χ1n) is 10.7. The summed E-state index contributed by atoms with van der Waals surface area (Å²) >= 11 is 0. The summed E-state index contributed by atoms with van der Waals surface area (Å²) in [5.41, 5.74) is 1.50. The molecule has 156 valence electrons. The van der Waals surface area contributed by atoms with E-state index in [1.807, 2.05) is 36.4 Å². The topological polar surface area (TPSA) is 80.1 Å². The van der Waals surface area contributed by atoms with Crippen LogP contribution in [0.4, 0.5) is 0 Å². The van der Waals surface area contributed by atoms with Gasteiger partial charge in [-0.2, -0.15) is 5.10 Å². The van der Waals surface area contributed by atoms with Crippen LogP contribution in [-0.4, -0.2) is 51.1 Å². The molecule has 7 heteroatoms. The summed E-state index contributed by atoms with van der Waals surface area (Å²) < 4.78 is 1.91. The zero-order chi connectivity index (χ0) is 20.6. The van der Waals surface area contributed by atoms with Gasteiger partial charge in [-0.1, -0.05) is 20.8 Å². The van der Waals surface area contributed by atoms with Gasteiger partial charge >= 0.3 is 0 Å². The summed E-state index contributed by atoms with van der Waals surface area (Å²) in [5.74, 6) is 0.779. The standard InChI is InChI=1S/C22H31N5O2/c1-22(2,3)21(29)26-12-5-6-16(14-26)18-17-7-4-10-23-19(17)27(25-18)13-11-24-20(28)15-8-9-15/h4,7,10,15-16H,5-6,8-9,11-14H2,1-3H3,(H,24,28). The van der Waals surface area contributed by atoms with Gasteiger partial charge in [0.1, 0.15) is 0 Å². The van der Waals surface area contributed by atoms with Crippen LogP contribution in [0.15, 0.2) is 18.3 Å². The maximum Gasteiger partial charge on any atom is 0.227 e. The number of amides is 2. The number of aromatic nitrogens is 3. The van der Waals surface area contributed by atoms with Crippen LogP contribution in [0.5, 0.6) is 0 Å². The van der Waals surface area contributed by atoms with E-state index in [2.05, 4.69) is 16.4 Å². The third kappa shape index (κ3) is 4.28. The first-order valence-corrected chi connectivity index (χ1v) is 10.7. The predicted octanol–water partition coefficient (Wildman–Crippen LogP) is 2.71. The molecule has 1 unspecified atom stereocenters. The molecule has 2 aliphatic rings. The Kier molecular flexibility index (Phi) is 5.32. The molecule has 1 aliphatic carbocycles. The Hall–Kier alpha value is -2.44. The first kappa shape index (κ1) is 19.9. The number of rotatable bonds is 5. The highest BCUT2D eigenvalue weighted by atomic mass is 16.2.